The molecule has 0 saturated carbocycles. The molecule has 1 unspecified atom stereocenters. The minimum absolute atomic E-state index is 0.0763. The quantitative estimate of drug-likeness (QED) is 0.0262. The molecule has 0 aliphatic rings. The van der Waals surface area contributed by atoms with Crippen LogP contribution in [0.25, 0.3) is 0 Å². The van der Waals surface area contributed by atoms with Crippen molar-refractivity contribution in [3.05, 3.63) is 48.6 Å². The van der Waals surface area contributed by atoms with Gasteiger partial charge >= 0.3 is 17.9 Å². The first kappa shape index (κ1) is 60.4. The van der Waals surface area contributed by atoms with E-state index in [9.17, 15) is 14.4 Å². The van der Waals surface area contributed by atoms with Gasteiger partial charge in [-0.1, -0.05) is 230 Å². The van der Waals surface area contributed by atoms with E-state index in [2.05, 4.69) is 69.4 Å². The van der Waals surface area contributed by atoms with Crippen LogP contribution in [-0.2, 0) is 28.6 Å². The van der Waals surface area contributed by atoms with Crippen LogP contribution >= 0.6 is 0 Å². The van der Waals surface area contributed by atoms with Crippen molar-refractivity contribution in [3.8, 4) is 0 Å². The third-order valence-electron chi connectivity index (χ3n) is 11.8. The van der Waals surface area contributed by atoms with Crippen LogP contribution in [0.2, 0.25) is 0 Å². The van der Waals surface area contributed by atoms with Gasteiger partial charge in [0, 0.05) is 19.3 Å². The van der Waals surface area contributed by atoms with E-state index in [1.54, 1.807) is 0 Å². The zero-order valence-electron chi connectivity index (χ0n) is 41.8. The molecule has 0 radical (unpaired) electrons. The van der Waals surface area contributed by atoms with Gasteiger partial charge in [-0.15, -0.1) is 0 Å². The third kappa shape index (κ3) is 50.2. The molecule has 0 rings (SSSR count). The van der Waals surface area contributed by atoms with Gasteiger partial charge < -0.3 is 14.2 Å². The molecule has 0 spiro atoms. The average Bonchev–Trinajstić information content (AvgIpc) is 3.28. The minimum Gasteiger partial charge on any atom is -0.462 e. The molecule has 1 atom stereocenters. The van der Waals surface area contributed by atoms with Gasteiger partial charge in [0.2, 0.25) is 0 Å². The Morgan fingerprint density at radius 2 is 0.619 bits per heavy atom. The predicted molar refractivity (Wildman–Crippen MR) is 270 cm³/mol. The summed E-state index contributed by atoms with van der Waals surface area (Å²) in [4.78, 5) is 38.0. The number of ether oxygens (including phenoxy) is 3. The maximum atomic E-state index is 12.8. The summed E-state index contributed by atoms with van der Waals surface area (Å²) in [5.41, 5.74) is 0. The van der Waals surface area contributed by atoms with Crippen molar-refractivity contribution in [1.82, 2.24) is 0 Å². The van der Waals surface area contributed by atoms with Crippen LogP contribution in [0.1, 0.15) is 278 Å². The standard InChI is InChI=1S/C57H102O6/c1-4-7-10-13-16-19-22-25-28-29-30-33-35-38-41-44-47-50-56(59)62-53-54(63-57(60)51-48-45-42-39-36-32-27-24-21-18-15-12-9-6-3)52-61-55(58)49-46-43-40-37-34-31-26-23-20-17-14-11-8-5-2/h9,12,16,18-19,21,25,28,54H,4-8,10-11,13-15,17,20,22-24,26-27,29-53H2,1-3H3/b12-9-,19-16-,21-18-,28-25-. The fourth-order valence-electron chi connectivity index (χ4n) is 7.75. The van der Waals surface area contributed by atoms with Crippen molar-refractivity contribution in [2.24, 2.45) is 0 Å². The number of hydrogen-bond acceptors (Lipinski definition) is 6. The van der Waals surface area contributed by atoms with Crippen LogP contribution in [0.15, 0.2) is 48.6 Å². The highest BCUT2D eigenvalue weighted by atomic mass is 16.6. The Labute approximate surface area is 390 Å². The van der Waals surface area contributed by atoms with Crippen LogP contribution in [-0.4, -0.2) is 37.2 Å². The van der Waals surface area contributed by atoms with Crippen molar-refractivity contribution >= 4 is 17.9 Å². The minimum atomic E-state index is -0.777. The van der Waals surface area contributed by atoms with Crippen LogP contribution < -0.4 is 0 Å². The van der Waals surface area contributed by atoms with Crippen LogP contribution in [0.4, 0.5) is 0 Å². The van der Waals surface area contributed by atoms with E-state index in [0.717, 1.165) is 89.9 Å². The van der Waals surface area contributed by atoms with Gasteiger partial charge in [-0.2, -0.15) is 0 Å². The molecule has 6 nitrogen and oxygen atoms in total. The molecule has 6 heteroatoms. The van der Waals surface area contributed by atoms with E-state index in [1.807, 2.05) is 0 Å². The normalized spacial score (nSPS) is 12.4. The summed E-state index contributed by atoms with van der Waals surface area (Å²) in [6.07, 6.45) is 62.3. The van der Waals surface area contributed by atoms with Gasteiger partial charge in [0.05, 0.1) is 0 Å². The summed E-state index contributed by atoms with van der Waals surface area (Å²) in [5, 5.41) is 0. The number of esters is 3. The fourth-order valence-corrected chi connectivity index (χ4v) is 7.75. The van der Waals surface area contributed by atoms with E-state index >= 15 is 0 Å². The molecule has 0 aromatic rings. The van der Waals surface area contributed by atoms with Crippen molar-refractivity contribution in [3.63, 3.8) is 0 Å². The predicted octanol–water partition coefficient (Wildman–Crippen LogP) is 17.9. The lowest BCUT2D eigenvalue weighted by molar-refractivity contribution is -0.167. The summed E-state index contributed by atoms with van der Waals surface area (Å²) < 4.78 is 16.8. The first-order valence-electron chi connectivity index (χ1n) is 27.1. The van der Waals surface area contributed by atoms with E-state index in [-0.39, 0.29) is 31.1 Å². The SMILES string of the molecule is CC/C=C\C/C=C\CCCCCCCCCC(=O)OC(COC(=O)CCCCCCCCC/C=C\C/C=C\CCCCC)COC(=O)CCCCCCCCCCCCCCCC. The average molecular weight is 883 g/mol. The number of carbonyl (C=O) groups excluding carboxylic acids is 3. The Bertz CT molecular complexity index is 1110. The topological polar surface area (TPSA) is 78.9 Å². The lowest BCUT2D eigenvalue weighted by Crippen LogP contribution is -2.30. The maximum Gasteiger partial charge on any atom is 0.306 e. The largest absolute Gasteiger partial charge is 0.462 e. The van der Waals surface area contributed by atoms with Gasteiger partial charge in [-0.25, -0.2) is 0 Å². The van der Waals surface area contributed by atoms with Crippen LogP contribution in [0, 0.1) is 0 Å². The molecule has 0 N–H and O–H groups in total. The van der Waals surface area contributed by atoms with Gasteiger partial charge in [0.25, 0.3) is 0 Å². The molecule has 366 valence electrons. The molecule has 0 heterocycles. The number of rotatable bonds is 49. The molecule has 0 saturated heterocycles. The monoisotopic (exact) mass is 883 g/mol. The first-order chi connectivity index (χ1) is 31.0. The lowest BCUT2D eigenvalue weighted by Gasteiger charge is -2.18. The van der Waals surface area contributed by atoms with Gasteiger partial charge in [0.15, 0.2) is 6.10 Å². The summed E-state index contributed by atoms with van der Waals surface area (Å²) in [7, 11) is 0. The Balaban J connectivity index is 4.37. The fraction of sp³-hybridized carbons (Fsp3) is 0.807. The van der Waals surface area contributed by atoms with E-state index < -0.39 is 6.10 Å². The third-order valence-corrected chi connectivity index (χ3v) is 11.8. The maximum absolute atomic E-state index is 12.8. The highest BCUT2D eigenvalue weighted by Gasteiger charge is 2.19. The van der Waals surface area contributed by atoms with Crippen molar-refractivity contribution < 1.29 is 28.6 Å². The highest BCUT2D eigenvalue weighted by molar-refractivity contribution is 5.71. The van der Waals surface area contributed by atoms with Crippen LogP contribution in [0.3, 0.4) is 0 Å². The number of hydrogen-bond donors (Lipinski definition) is 0. The number of allylic oxidation sites excluding steroid dienone is 8. The molecular formula is C57H102O6. The Kier molecular flexibility index (Phi) is 49.8. The van der Waals surface area contributed by atoms with Gasteiger partial charge in [0.1, 0.15) is 13.2 Å². The second-order valence-electron chi connectivity index (χ2n) is 18.1. The summed E-state index contributed by atoms with van der Waals surface area (Å²) in [6.45, 7) is 6.52. The summed E-state index contributed by atoms with van der Waals surface area (Å²) in [5.74, 6) is -0.882. The molecule has 0 bridgehead atoms. The first-order valence-corrected chi connectivity index (χ1v) is 27.1. The Hall–Kier alpha value is -2.63. The Morgan fingerprint density at radius 3 is 0.984 bits per heavy atom. The molecule has 0 aromatic carbocycles. The second-order valence-corrected chi connectivity index (χ2v) is 18.1. The smallest absolute Gasteiger partial charge is 0.306 e. The number of carbonyl (C=O) groups is 3. The van der Waals surface area contributed by atoms with E-state index in [0.29, 0.717) is 19.3 Å². The van der Waals surface area contributed by atoms with Gasteiger partial charge in [-0.3, -0.25) is 14.4 Å². The van der Waals surface area contributed by atoms with Crippen molar-refractivity contribution in [2.75, 3.05) is 13.2 Å². The molecule has 0 aliphatic carbocycles. The second kappa shape index (κ2) is 52.0. The number of unbranched alkanes of at least 4 members (excludes halogenated alkanes) is 30. The molecule has 0 aromatic heterocycles. The van der Waals surface area contributed by atoms with E-state index in [4.69, 9.17) is 14.2 Å². The Morgan fingerprint density at radius 1 is 0.333 bits per heavy atom. The van der Waals surface area contributed by atoms with Gasteiger partial charge in [-0.05, 0) is 77.0 Å². The summed E-state index contributed by atoms with van der Waals surface area (Å²) >= 11 is 0. The van der Waals surface area contributed by atoms with Crippen LogP contribution in [0.5, 0.6) is 0 Å². The zero-order valence-corrected chi connectivity index (χ0v) is 41.8. The van der Waals surface area contributed by atoms with E-state index in [1.165, 1.54) is 148 Å². The van der Waals surface area contributed by atoms with Crippen molar-refractivity contribution in [1.29, 1.82) is 0 Å². The molecular weight excluding hydrogens is 781 g/mol. The zero-order chi connectivity index (χ0) is 45.8. The highest BCUT2D eigenvalue weighted by Crippen LogP contribution is 2.16. The molecule has 0 fully saturated rings. The molecule has 0 aliphatic heterocycles. The lowest BCUT2D eigenvalue weighted by atomic mass is 10.0. The molecule has 63 heavy (non-hydrogen) atoms. The van der Waals surface area contributed by atoms with Crippen molar-refractivity contribution in [2.45, 2.75) is 284 Å². The molecule has 0 amide bonds. The summed E-state index contributed by atoms with van der Waals surface area (Å²) in [6, 6.07) is 0.